The Bertz CT molecular complexity index is 383. The van der Waals surface area contributed by atoms with Gasteiger partial charge in [0.05, 0.1) is 0 Å². The van der Waals surface area contributed by atoms with Gasteiger partial charge in [0.2, 0.25) is 0 Å². The quantitative estimate of drug-likeness (QED) is 0.613. The third kappa shape index (κ3) is 5.36. The summed E-state index contributed by atoms with van der Waals surface area (Å²) in [7, 11) is 0. The van der Waals surface area contributed by atoms with Gasteiger partial charge < -0.3 is 9.47 Å². The van der Waals surface area contributed by atoms with Gasteiger partial charge in [0.1, 0.15) is 0 Å². The summed E-state index contributed by atoms with van der Waals surface area (Å²) in [4.78, 5) is 21.7. The maximum Gasteiger partial charge on any atom is 0.305 e. The Hall–Kier alpha value is -1.55. The molecule has 0 aliphatic carbocycles. The zero-order chi connectivity index (χ0) is 12.8. The Balaban J connectivity index is 2.67. The molecule has 0 spiro atoms. The van der Waals surface area contributed by atoms with Gasteiger partial charge in [-0.1, -0.05) is 23.7 Å². The van der Waals surface area contributed by atoms with Crippen LogP contribution >= 0.6 is 11.6 Å². The second kappa shape index (κ2) is 6.25. The highest BCUT2D eigenvalue weighted by Crippen LogP contribution is 2.13. The first kappa shape index (κ1) is 13.5. The van der Waals surface area contributed by atoms with Gasteiger partial charge in [0.25, 0.3) is 6.29 Å². The number of carbonyl (C=O) groups excluding carboxylic acids is 2. The van der Waals surface area contributed by atoms with Crippen LogP contribution in [0.4, 0.5) is 0 Å². The number of carbonyl (C=O) groups is 2. The average molecular weight is 257 g/mol. The average Bonchev–Trinajstić information content (AvgIpc) is 2.19. The third-order valence-corrected chi connectivity index (χ3v) is 2.16. The van der Waals surface area contributed by atoms with E-state index in [1.165, 1.54) is 13.8 Å². The van der Waals surface area contributed by atoms with Gasteiger partial charge in [0.15, 0.2) is 0 Å². The zero-order valence-corrected chi connectivity index (χ0v) is 10.4. The Kier molecular flexibility index (Phi) is 4.97. The predicted octanol–water partition coefficient (Wildman–Crippen LogP) is 2.33. The molecule has 0 atom stereocenters. The maximum absolute atomic E-state index is 10.8. The number of rotatable bonds is 4. The van der Waals surface area contributed by atoms with Gasteiger partial charge >= 0.3 is 11.9 Å². The number of esters is 2. The van der Waals surface area contributed by atoms with Gasteiger partial charge in [0, 0.05) is 25.3 Å². The second-order valence-corrected chi connectivity index (χ2v) is 3.92. The molecule has 4 nitrogen and oxygen atoms in total. The molecular weight excluding hydrogens is 244 g/mol. The summed E-state index contributed by atoms with van der Waals surface area (Å²) < 4.78 is 9.76. The molecule has 0 saturated heterocycles. The van der Waals surface area contributed by atoms with Crippen LogP contribution in [0.15, 0.2) is 24.3 Å². The van der Waals surface area contributed by atoms with E-state index in [9.17, 15) is 9.59 Å². The number of halogens is 1. The highest BCUT2D eigenvalue weighted by molar-refractivity contribution is 6.30. The minimum Gasteiger partial charge on any atom is -0.425 e. The van der Waals surface area contributed by atoms with E-state index < -0.39 is 18.2 Å². The highest BCUT2D eigenvalue weighted by Gasteiger charge is 2.15. The van der Waals surface area contributed by atoms with E-state index in [4.69, 9.17) is 21.1 Å². The van der Waals surface area contributed by atoms with Crippen LogP contribution in [0.25, 0.3) is 0 Å². The lowest BCUT2D eigenvalue weighted by Crippen LogP contribution is -2.24. The molecule has 1 aromatic carbocycles. The topological polar surface area (TPSA) is 52.6 Å². The van der Waals surface area contributed by atoms with Crippen molar-refractivity contribution in [1.82, 2.24) is 0 Å². The molecule has 0 heterocycles. The van der Waals surface area contributed by atoms with Crippen LogP contribution in [0.5, 0.6) is 0 Å². The zero-order valence-electron chi connectivity index (χ0n) is 9.60. The standard InChI is InChI=1S/C12H13ClO4/c1-8(14)16-12(17-9(2)15)7-10-3-5-11(13)6-4-10/h3-6,12H,7H2,1-2H3. The summed E-state index contributed by atoms with van der Waals surface area (Å²) in [6, 6.07) is 7.00. The first-order valence-corrected chi connectivity index (χ1v) is 5.44. The van der Waals surface area contributed by atoms with E-state index in [0.29, 0.717) is 11.4 Å². The molecule has 0 radical (unpaired) electrons. The fourth-order valence-electron chi connectivity index (χ4n) is 1.29. The molecule has 0 saturated carbocycles. The van der Waals surface area contributed by atoms with Crippen LogP contribution in [-0.2, 0) is 25.5 Å². The molecule has 0 aromatic heterocycles. The molecule has 17 heavy (non-hydrogen) atoms. The predicted molar refractivity (Wildman–Crippen MR) is 62.5 cm³/mol. The Morgan fingerprint density at radius 3 is 2.00 bits per heavy atom. The van der Waals surface area contributed by atoms with Crippen molar-refractivity contribution < 1.29 is 19.1 Å². The third-order valence-electron chi connectivity index (χ3n) is 1.91. The van der Waals surface area contributed by atoms with Crippen LogP contribution in [0.2, 0.25) is 5.02 Å². The van der Waals surface area contributed by atoms with Crippen molar-refractivity contribution >= 4 is 23.5 Å². The molecule has 0 aliphatic rings. The van der Waals surface area contributed by atoms with Crippen molar-refractivity contribution in [2.75, 3.05) is 0 Å². The molecule has 0 N–H and O–H groups in total. The summed E-state index contributed by atoms with van der Waals surface area (Å²) >= 11 is 5.75. The molecule has 1 aromatic rings. The van der Waals surface area contributed by atoms with E-state index in [1.54, 1.807) is 24.3 Å². The highest BCUT2D eigenvalue weighted by atomic mass is 35.5. The SMILES string of the molecule is CC(=O)OC(Cc1ccc(Cl)cc1)OC(C)=O. The van der Waals surface area contributed by atoms with Crippen LogP contribution in [0.1, 0.15) is 19.4 Å². The van der Waals surface area contributed by atoms with Crippen molar-refractivity contribution in [3.05, 3.63) is 34.9 Å². The summed E-state index contributed by atoms with van der Waals surface area (Å²) in [5.74, 6) is -0.990. The molecule has 0 unspecified atom stereocenters. The van der Waals surface area contributed by atoms with Crippen molar-refractivity contribution in [1.29, 1.82) is 0 Å². The van der Waals surface area contributed by atoms with Crippen molar-refractivity contribution in [3.8, 4) is 0 Å². The maximum atomic E-state index is 10.8. The van der Waals surface area contributed by atoms with Crippen molar-refractivity contribution in [3.63, 3.8) is 0 Å². The molecule has 0 bridgehead atoms. The minimum absolute atomic E-state index is 0.302. The summed E-state index contributed by atoms with van der Waals surface area (Å²) in [6.07, 6.45) is -0.595. The lowest BCUT2D eigenvalue weighted by Gasteiger charge is -2.16. The van der Waals surface area contributed by atoms with E-state index in [2.05, 4.69) is 0 Å². The van der Waals surface area contributed by atoms with Crippen LogP contribution in [0.3, 0.4) is 0 Å². The number of benzene rings is 1. The summed E-state index contributed by atoms with van der Waals surface area (Å²) in [6.45, 7) is 2.52. The molecule has 0 amide bonds. The first-order chi connectivity index (χ1) is 7.97. The number of hydrogen-bond acceptors (Lipinski definition) is 4. The van der Waals surface area contributed by atoms with Gasteiger partial charge in [-0.3, -0.25) is 9.59 Å². The van der Waals surface area contributed by atoms with Crippen LogP contribution < -0.4 is 0 Å². The van der Waals surface area contributed by atoms with Crippen LogP contribution in [-0.4, -0.2) is 18.2 Å². The lowest BCUT2D eigenvalue weighted by atomic mass is 10.1. The van der Waals surface area contributed by atoms with Crippen molar-refractivity contribution in [2.24, 2.45) is 0 Å². The normalized spacial score (nSPS) is 10.1. The summed E-state index contributed by atoms with van der Waals surface area (Å²) in [5, 5.41) is 0.616. The Morgan fingerprint density at radius 1 is 1.12 bits per heavy atom. The van der Waals surface area contributed by atoms with E-state index in [1.807, 2.05) is 0 Å². The van der Waals surface area contributed by atoms with E-state index in [-0.39, 0.29) is 0 Å². The largest absolute Gasteiger partial charge is 0.425 e. The molecule has 1 rings (SSSR count). The Labute approximate surface area is 104 Å². The number of hydrogen-bond donors (Lipinski definition) is 0. The molecule has 0 aliphatic heterocycles. The molecule has 5 heteroatoms. The monoisotopic (exact) mass is 256 g/mol. The van der Waals surface area contributed by atoms with Gasteiger partial charge in [-0.05, 0) is 17.7 Å². The first-order valence-electron chi connectivity index (χ1n) is 5.06. The Morgan fingerprint density at radius 2 is 1.59 bits per heavy atom. The van der Waals surface area contributed by atoms with Crippen LogP contribution in [0, 0.1) is 0 Å². The van der Waals surface area contributed by atoms with Gasteiger partial charge in [-0.25, -0.2) is 0 Å². The smallest absolute Gasteiger partial charge is 0.305 e. The number of ether oxygens (including phenoxy) is 2. The molecular formula is C12H13ClO4. The van der Waals surface area contributed by atoms with Gasteiger partial charge in [-0.2, -0.15) is 0 Å². The fraction of sp³-hybridized carbons (Fsp3) is 0.333. The van der Waals surface area contributed by atoms with E-state index >= 15 is 0 Å². The summed E-state index contributed by atoms with van der Waals surface area (Å²) in [5.41, 5.74) is 0.863. The van der Waals surface area contributed by atoms with E-state index in [0.717, 1.165) is 5.56 Å². The lowest BCUT2D eigenvalue weighted by molar-refractivity contribution is -0.184. The fourth-order valence-corrected chi connectivity index (χ4v) is 1.42. The molecule has 92 valence electrons. The van der Waals surface area contributed by atoms with Crippen molar-refractivity contribution in [2.45, 2.75) is 26.6 Å². The molecule has 0 fully saturated rings. The second-order valence-electron chi connectivity index (χ2n) is 3.48. The minimum atomic E-state index is -0.897. The van der Waals surface area contributed by atoms with Gasteiger partial charge in [-0.15, -0.1) is 0 Å².